The second-order valence-corrected chi connectivity index (χ2v) is 5.26. The van der Waals surface area contributed by atoms with Gasteiger partial charge in [0.25, 0.3) is 5.91 Å². The minimum absolute atomic E-state index is 0.0693. The maximum atomic E-state index is 12.4. The fourth-order valence-corrected chi connectivity index (χ4v) is 2.72. The van der Waals surface area contributed by atoms with Gasteiger partial charge in [-0.3, -0.25) is 4.79 Å². The number of nitrogen functional groups attached to an aromatic ring is 1. The van der Waals surface area contributed by atoms with Crippen LogP contribution < -0.4 is 11.3 Å². The molecule has 1 saturated heterocycles. The Morgan fingerprint density at radius 2 is 2.21 bits per heavy atom. The largest absolute Gasteiger partial charge is 0.338 e. The number of amides is 1. The summed E-state index contributed by atoms with van der Waals surface area (Å²) in [5.74, 6) is 5.90. The van der Waals surface area contributed by atoms with Gasteiger partial charge >= 0.3 is 0 Å². The molecule has 0 radical (unpaired) electrons. The van der Waals surface area contributed by atoms with Crippen molar-refractivity contribution < 1.29 is 4.79 Å². The van der Waals surface area contributed by atoms with Crippen molar-refractivity contribution in [2.75, 3.05) is 18.5 Å². The Hall–Kier alpha value is -1.62. The van der Waals surface area contributed by atoms with Crippen LogP contribution in [-0.2, 0) is 0 Å². The number of nitrogens with two attached hydrogens (primary N) is 1. The van der Waals surface area contributed by atoms with E-state index in [1.165, 1.54) is 0 Å². The molecule has 0 atom stereocenters. The van der Waals surface area contributed by atoms with E-state index in [9.17, 15) is 4.79 Å². The fourth-order valence-electron chi connectivity index (χ4n) is 2.72. The first-order valence-electron chi connectivity index (χ1n) is 6.86. The standard InChI is InChI=1S/C14H22N4O/c1-3-14(4-2)7-8-18(10-14)13(19)11-5-6-12(17-15)16-9-11/h5-6,9H,3-4,7-8,10,15H2,1-2H3,(H,16,17). The lowest BCUT2D eigenvalue weighted by molar-refractivity contribution is 0.0769. The van der Waals surface area contributed by atoms with Crippen molar-refractivity contribution in [3.63, 3.8) is 0 Å². The quantitative estimate of drug-likeness (QED) is 0.643. The molecule has 1 aromatic heterocycles. The summed E-state index contributed by atoms with van der Waals surface area (Å²) in [6.07, 6.45) is 4.93. The third-order valence-electron chi connectivity index (χ3n) is 4.38. The van der Waals surface area contributed by atoms with Gasteiger partial charge in [0.05, 0.1) is 5.56 Å². The zero-order chi connectivity index (χ0) is 13.9. The second-order valence-electron chi connectivity index (χ2n) is 5.26. The monoisotopic (exact) mass is 262 g/mol. The van der Waals surface area contributed by atoms with Gasteiger partial charge < -0.3 is 10.3 Å². The van der Waals surface area contributed by atoms with Crippen LogP contribution in [-0.4, -0.2) is 28.9 Å². The number of pyridine rings is 1. The summed E-state index contributed by atoms with van der Waals surface area (Å²) in [6, 6.07) is 3.48. The van der Waals surface area contributed by atoms with E-state index in [0.29, 0.717) is 16.8 Å². The molecule has 19 heavy (non-hydrogen) atoms. The van der Waals surface area contributed by atoms with Gasteiger partial charge in [0.1, 0.15) is 5.82 Å². The van der Waals surface area contributed by atoms with Gasteiger partial charge in [-0.1, -0.05) is 13.8 Å². The number of anilines is 1. The number of aromatic nitrogens is 1. The number of hydrogen-bond donors (Lipinski definition) is 2. The average molecular weight is 262 g/mol. The first kappa shape index (κ1) is 13.8. The molecule has 0 unspecified atom stereocenters. The first-order valence-corrected chi connectivity index (χ1v) is 6.86. The van der Waals surface area contributed by atoms with Gasteiger partial charge in [0.15, 0.2) is 0 Å². The van der Waals surface area contributed by atoms with Crippen LogP contribution in [0.2, 0.25) is 0 Å². The van der Waals surface area contributed by atoms with Crippen LogP contribution in [0.1, 0.15) is 43.5 Å². The number of rotatable bonds is 4. The third kappa shape index (κ3) is 2.71. The zero-order valence-corrected chi connectivity index (χ0v) is 11.6. The maximum Gasteiger partial charge on any atom is 0.255 e. The molecule has 0 aromatic carbocycles. The summed E-state index contributed by atoms with van der Waals surface area (Å²) in [6.45, 7) is 6.12. The number of nitrogens with one attached hydrogen (secondary N) is 1. The van der Waals surface area contributed by atoms with Crippen LogP contribution in [0.5, 0.6) is 0 Å². The van der Waals surface area contributed by atoms with Crippen LogP contribution in [0.4, 0.5) is 5.82 Å². The van der Waals surface area contributed by atoms with Gasteiger partial charge in [-0.25, -0.2) is 10.8 Å². The Labute approximate surface area is 114 Å². The highest BCUT2D eigenvalue weighted by Crippen LogP contribution is 2.37. The molecule has 0 spiro atoms. The molecule has 5 nitrogen and oxygen atoms in total. The molecule has 0 aliphatic carbocycles. The van der Waals surface area contributed by atoms with E-state index in [-0.39, 0.29) is 5.91 Å². The van der Waals surface area contributed by atoms with E-state index in [1.54, 1.807) is 18.3 Å². The molecular formula is C14H22N4O. The predicted octanol–water partition coefficient (Wildman–Crippen LogP) is 2.02. The molecule has 1 fully saturated rings. The lowest BCUT2D eigenvalue weighted by atomic mass is 9.82. The Kier molecular flexibility index (Phi) is 4.04. The summed E-state index contributed by atoms with van der Waals surface area (Å²) in [7, 11) is 0. The minimum Gasteiger partial charge on any atom is -0.338 e. The summed E-state index contributed by atoms with van der Waals surface area (Å²) >= 11 is 0. The number of nitrogens with zero attached hydrogens (tertiary/aromatic N) is 2. The fraction of sp³-hybridized carbons (Fsp3) is 0.571. The molecule has 1 aliphatic heterocycles. The van der Waals surface area contributed by atoms with Crippen LogP contribution in [0, 0.1) is 5.41 Å². The zero-order valence-electron chi connectivity index (χ0n) is 11.6. The molecule has 3 N–H and O–H groups in total. The highest BCUT2D eigenvalue weighted by atomic mass is 16.2. The summed E-state index contributed by atoms with van der Waals surface area (Å²) < 4.78 is 0. The predicted molar refractivity (Wildman–Crippen MR) is 75.6 cm³/mol. The van der Waals surface area contributed by atoms with Gasteiger partial charge in [0.2, 0.25) is 0 Å². The van der Waals surface area contributed by atoms with Gasteiger partial charge in [-0.05, 0) is 36.8 Å². The normalized spacial score (nSPS) is 17.5. The number of hydrogen-bond acceptors (Lipinski definition) is 4. The Morgan fingerprint density at radius 1 is 1.47 bits per heavy atom. The molecule has 2 rings (SSSR count). The van der Waals surface area contributed by atoms with E-state index in [0.717, 1.165) is 32.4 Å². The number of likely N-dealkylation sites (tertiary alicyclic amines) is 1. The highest BCUT2D eigenvalue weighted by Gasteiger charge is 2.37. The van der Waals surface area contributed by atoms with Crippen molar-refractivity contribution in [1.82, 2.24) is 9.88 Å². The molecule has 104 valence electrons. The molecular weight excluding hydrogens is 240 g/mol. The first-order chi connectivity index (χ1) is 9.14. The highest BCUT2D eigenvalue weighted by molar-refractivity contribution is 5.94. The van der Waals surface area contributed by atoms with Crippen molar-refractivity contribution in [3.8, 4) is 0 Å². The Balaban J connectivity index is 2.08. The van der Waals surface area contributed by atoms with Gasteiger partial charge in [0, 0.05) is 19.3 Å². The smallest absolute Gasteiger partial charge is 0.255 e. The number of hydrazine groups is 1. The van der Waals surface area contributed by atoms with E-state index < -0.39 is 0 Å². The number of carbonyl (C=O) groups is 1. The van der Waals surface area contributed by atoms with Crippen LogP contribution in [0.15, 0.2) is 18.3 Å². The summed E-state index contributed by atoms with van der Waals surface area (Å²) in [5, 5.41) is 0. The van der Waals surface area contributed by atoms with Crippen molar-refractivity contribution in [3.05, 3.63) is 23.9 Å². The van der Waals surface area contributed by atoms with E-state index in [2.05, 4.69) is 24.3 Å². The van der Waals surface area contributed by atoms with Crippen LogP contribution in [0.25, 0.3) is 0 Å². The second kappa shape index (κ2) is 5.57. The topological polar surface area (TPSA) is 71.2 Å². The number of carbonyl (C=O) groups excluding carboxylic acids is 1. The molecule has 1 aromatic rings. The Bertz CT molecular complexity index is 439. The average Bonchev–Trinajstić information content (AvgIpc) is 2.92. The van der Waals surface area contributed by atoms with Gasteiger partial charge in [-0.2, -0.15) is 0 Å². The summed E-state index contributed by atoms with van der Waals surface area (Å²) in [4.78, 5) is 18.4. The molecule has 5 heteroatoms. The van der Waals surface area contributed by atoms with Crippen molar-refractivity contribution in [2.45, 2.75) is 33.1 Å². The minimum atomic E-state index is 0.0693. The van der Waals surface area contributed by atoms with E-state index >= 15 is 0 Å². The maximum absolute atomic E-state index is 12.4. The lowest BCUT2D eigenvalue weighted by Crippen LogP contribution is -2.31. The lowest BCUT2D eigenvalue weighted by Gasteiger charge is -2.26. The van der Waals surface area contributed by atoms with Crippen LogP contribution >= 0.6 is 0 Å². The third-order valence-corrected chi connectivity index (χ3v) is 4.38. The SMILES string of the molecule is CCC1(CC)CCN(C(=O)c2ccc(NN)nc2)C1. The molecule has 1 amide bonds. The van der Waals surface area contributed by atoms with Crippen molar-refractivity contribution >= 4 is 11.7 Å². The summed E-state index contributed by atoms with van der Waals surface area (Å²) in [5.41, 5.74) is 3.39. The van der Waals surface area contributed by atoms with E-state index in [1.807, 2.05) is 4.90 Å². The molecule has 2 heterocycles. The molecule has 0 saturated carbocycles. The van der Waals surface area contributed by atoms with Crippen molar-refractivity contribution in [2.24, 2.45) is 11.3 Å². The van der Waals surface area contributed by atoms with Gasteiger partial charge in [-0.15, -0.1) is 0 Å². The van der Waals surface area contributed by atoms with Crippen molar-refractivity contribution in [1.29, 1.82) is 0 Å². The molecule has 0 bridgehead atoms. The van der Waals surface area contributed by atoms with Crippen LogP contribution in [0.3, 0.4) is 0 Å². The Morgan fingerprint density at radius 3 is 2.68 bits per heavy atom. The molecule has 1 aliphatic rings. The van der Waals surface area contributed by atoms with E-state index in [4.69, 9.17) is 5.84 Å².